The molecule has 0 fully saturated rings. The summed E-state index contributed by atoms with van der Waals surface area (Å²) in [6, 6.07) is 7.36. The fraction of sp³-hybridized carbons (Fsp3) is 0.263. The molecule has 6 nitrogen and oxygen atoms in total. The Morgan fingerprint density at radius 3 is 2.44 bits per heavy atom. The lowest BCUT2D eigenvalue weighted by atomic mass is 10.0. The van der Waals surface area contributed by atoms with Gasteiger partial charge in [0.05, 0.1) is 12.0 Å². The number of rotatable bonds is 5. The maximum absolute atomic E-state index is 12.2. The molecule has 0 atom stereocenters. The number of aromatic nitrogens is 1. The van der Waals surface area contributed by atoms with E-state index < -0.39 is 0 Å². The summed E-state index contributed by atoms with van der Waals surface area (Å²) in [5, 5.41) is 6.88. The number of nitrogens with one attached hydrogen (secondary N) is 2. The van der Waals surface area contributed by atoms with Crippen molar-refractivity contribution >= 4 is 23.2 Å². The first kappa shape index (κ1) is 18.3. The predicted octanol–water partition coefficient (Wildman–Crippen LogP) is 3.14. The number of pyridine rings is 1. The minimum Gasteiger partial charge on any atom is -0.325 e. The third-order valence-electron chi connectivity index (χ3n) is 3.63. The Labute approximate surface area is 147 Å². The van der Waals surface area contributed by atoms with Crippen LogP contribution < -0.4 is 10.7 Å². The van der Waals surface area contributed by atoms with Gasteiger partial charge in [0.15, 0.2) is 0 Å². The monoisotopic (exact) mass is 338 g/mol. The van der Waals surface area contributed by atoms with Crippen LogP contribution in [-0.4, -0.2) is 22.5 Å². The van der Waals surface area contributed by atoms with Gasteiger partial charge in [0.25, 0.3) is 5.91 Å². The number of hydrogen-bond donors (Lipinski definition) is 2. The van der Waals surface area contributed by atoms with Crippen molar-refractivity contribution in [2.45, 2.75) is 34.1 Å². The molecule has 2 rings (SSSR count). The van der Waals surface area contributed by atoms with E-state index in [4.69, 9.17) is 0 Å². The molecular formula is C19H22N4O2. The largest absolute Gasteiger partial charge is 0.325 e. The molecule has 25 heavy (non-hydrogen) atoms. The summed E-state index contributed by atoms with van der Waals surface area (Å²) in [7, 11) is 0. The molecule has 2 amide bonds. The van der Waals surface area contributed by atoms with Crippen LogP contribution in [0.1, 0.15) is 40.4 Å². The van der Waals surface area contributed by atoms with E-state index >= 15 is 0 Å². The lowest BCUT2D eigenvalue weighted by molar-refractivity contribution is -0.115. The van der Waals surface area contributed by atoms with Gasteiger partial charge in [0.1, 0.15) is 0 Å². The van der Waals surface area contributed by atoms with Gasteiger partial charge < -0.3 is 5.32 Å². The second-order valence-corrected chi connectivity index (χ2v) is 6.03. The second-order valence-electron chi connectivity index (χ2n) is 6.03. The van der Waals surface area contributed by atoms with Gasteiger partial charge in [-0.1, -0.05) is 17.7 Å². The van der Waals surface area contributed by atoms with Crippen LogP contribution in [0.5, 0.6) is 0 Å². The molecule has 6 heteroatoms. The zero-order valence-electron chi connectivity index (χ0n) is 14.9. The van der Waals surface area contributed by atoms with E-state index in [0.29, 0.717) is 11.3 Å². The summed E-state index contributed by atoms with van der Waals surface area (Å²) in [5.41, 5.74) is 7.37. The van der Waals surface area contributed by atoms with Crippen molar-refractivity contribution in [1.29, 1.82) is 0 Å². The minimum absolute atomic E-state index is 0.0973. The number of carbonyl (C=O) groups excluding carboxylic acids is 2. The molecule has 1 aromatic carbocycles. The first-order valence-electron chi connectivity index (χ1n) is 7.98. The van der Waals surface area contributed by atoms with Crippen LogP contribution in [0.25, 0.3) is 0 Å². The zero-order chi connectivity index (χ0) is 18.4. The number of hydrogen-bond acceptors (Lipinski definition) is 4. The number of anilines is 1. The molecule has 1 aromatic heterocycles. The average Bonchev–Trinajstić information content (AvgIpc) is 2.56. The van der Waals surface area contributed by atoms with Gasteiger partial charge in [-0.2, -0.15) is 5.10 Å². The first-order chi connectivity index (χ1) is 11.9. The minimum atomic E-state index is -0.363. The fourth-order valence-corrected chi connectivity index (χ4v) is 2.54. The topological polar surface area (TPSA) is 83.5 Å². The summed E-state index contributed by atoms with van der Waals surface area (Å²) in [6.45, 7) is 7.64. The lowest BCUT2D eigenvalue weighted by Crippen LogP contribution is -2.22. The highest BCUT2D eigenvalue weighted by Crippen LogP contribution is 2.22. The van der Waals surface area contributed by atoms with Gasteiger partial charge in [0, 0.05) is 23.8 Å². The zero-order valence-corrected chi connectivity index (χ0v) is 14.9. The summed E-state index contributed by atoms with van der Waals surface area (Å²) in [6.07, 6.45) is 3.14. The SMILES string of the molecule is C/C(CC(=O)Nc1c(C)cc(C)cc1C)=N\NC(=O)c1cccnc1. The molecule has 0 aliphatic carbocycles. The number of amides is 2. The van der Waals surface area contributed by atoms with E-state index in [9.17, 15) is 9.59 Å². The van der Waals surface area contributed by atoms with Gasteiger partial charge in [-0.3, -0.25) is 14.6 Å². The Morgan fingerprint density at radius 1 is 1.16 bits per heavy atom. The third kappa shape index (κ3) is 5.24. The molecule has 0 aliphatic heterocycles. The molecule has 130 valence electrons. The van der Waals surface area contributed by atoms with Crippen molar-refractivity contribution in [3.8, 4) is 0 Å². The van der Waals surface area contributed by atoms with E-state index in [1.54, 1.807) is 25.3 Å². The highest BCUT2D eigenvalue weighted by molar-refractivity contribution is 6.06. The van der Waals surface area contributed by atoms with Crippen LogP contribution in [0.2, 0.25) is 0 Å². The number of nitrogens with zero attached hydrogens (tertiary/aromatic N) is 2. The Bertz CT molecular complexity index is 790. The third-order valence-corrected chi connectivity index (χ3v) is 3.63. The van der Waals surface area contributed by atoms with E-state index in [1.165, 1.54) is 6.20 Å². The maximum Gasteiger partial charge on any atom is 0.272 e. The number of hydrazone groups is 1. The van der Waals surface area contributed by atoms with Crippen molar-refractivity contribution in [2.24, 2.45) is 5.10 Å². The Hall–Kier alpha value is -3.02. The molecule has 0 aliphatic rings. The summed E-state index contributed by atoms with van der Waals surface area (Å²) < 4.78 is 0. The van der Waals surface area contributed by atoms with Crippen molar-refractivity contribution in [3.63, 3.8) is 0 Å². The maximum atomic E-state index is 12.2. The summed E-state index contributed by atoms with van der Waals surface area (Å²) in [5.74, 6) is -0.537. The lowest BCUT2D eigenvalue weighted by Gasteiger charge is -2.12. The quantitative estimate of drug-likeness (QED) is 0.649. The van der Waals surface area contributed by atoms with Crippen LogP contribution in [0.15, 0.2) is 41.8 Å². The number of aryl methyl sites for hydroxylation is 3. The van der Waals surface area contributed by atoms with Crippen LogP contribution in [0.4, 0.5) is 5.69 Å². The Balaban J connectivity index is 1.95. The summed E-state index contributed by atoms with van der Waals surface area (Å²) >= 11 is 0. The van der Waals surface area contributed by atoms with E-state index in [2.05, 4.69) is 20.8 Å². The van der Waals surface area contributed by atoms with Crippen LogP contribution in [0, 0.1) is 20.8 Å². The predicted molar refractivity (Wildman–Crippen MR) is 98.7 cm³/mol. The molecule has 2 N–H and O–H groups in total. The van der Waals surface area contributed by atoms with E-state index in [1.807, 2.05) is 32.9 Å². The van der Waals surface area contributed by atoms with Crippen molar-refractivity contribution < 1.29 is 9.59 Å². The molecule has 0 saturated carbocycles. The van der Waals surface area contributed by atoms with Crippen molar-refractivity contribution in [1.82, 2.24) is 10.4 Å². The fourth-order valence-electron chi connectivity index (χ4n) is 2.54. The van der Waals surface area contributed by atoms with Crippen LogP contribution in [0.3, 0.4) is 0 Å². The normalized spacial score (nSPS) is 11.1. The molecular weight excluding hydrogens is 316 g/mol. The van der Waals surface area contributed by atoms with Gasteiger partial charge in [0.2, 0.25) is 5.91 Å². The van der Waals surface area contributed by atoms with Gasteiger partial charge >= 0.3 is 0 Å². The van der Waals surface area contributed by atoms with Gasteiger partial charge in [-0.25, -0.2) is 5.43 Å². The highest BCUT2D eigenvalue weighted by atomic mass is 16.2. The Kier molecular flexibility index (Phi) is 6.00. The number of carbonyl (C=O) groups is 2. The number of benzene rings is 1. The smallest absolute Gasteiger partial charge is 0.272 e. The average molecular weight is 338 g/mol. The van der Waals surface area contributed by atoms with Crippen molar-refractivity contribution in [2.75, 3.05) is 5.32 Å². The molecule has 0 saturated heterocycles. The second kappa shape index (κ2) is 8.19. The molecule has 0 spiro atoms. The first-order valence-corrected chi connectivity index (χ1v) is 7.98. The molecule has 0 unspecified atom stereocenters. The van der Waals surface area contributed by atoms with Gasteiger partial charge in [-0.15, -0.1) is 0 Å². The van der Waals surface area contributed by atoms with Crippen LogP contribution >= 0.6 is 0 Å². The molecule has 2 aromatic rings. The van der Waals surface area contributed by atoms with E-state index in [0.717, 1.165) is 22.4 Å². The van der Waals surface area contributed by atoms with Crippen LogP contribution in [-0.2, 0) is 4.79 Å². The molecule has 1 heterocycles. The van der Waals surface area contributed by atoms with Crippen molar-refractivity contribution in [3.05, 3.63) is 58.9 Å². The highest BCUT2D eigenvalue weighted by Gasteiger charge is 2.10. The standard InChI is InChI=1S/C19H22N4O2/c1-12-8-13(2)18(14(3)9-12)21-17(24)10-15(4)22-23-19(25)16-6-5-7-20-11-16/h5-9,11H,10H2,1-4H3,(H,21,24)(H,23,25)/b22-15+. The van der Waals surface area contributed by atoms with Gasteiger partial charge in [-0.05, 0) is 51.0 Å². The molecule has 0 radical (unpaired) electrons. The molecule has 0 bridgehead atoms. The Morgan fingerprint density at radius 2 is 1.84 bits per heavy atom. The summed E-state index contributed by atoms with van der Waals surface area (Å²) in [4.78, 5) is 28.0. The van der Waals surface area contributed by atoms with E-state index in [-0.39, 0.29) is 18.2 Å².